The monoisotopic (exact) mass is 585 g/mol. The summed E-state index contributed by atoms with van der Waals surface area (Å²) >= 11 is 3.40. The van der Waals surface area contributed by atoms with E-state index in [1.165, 1.54) is 28.6 Å². The summed E-state index contributed by atoms with van der Waals surface area (Å²) in [7, 11) is -3.75. The molecule has 1 aliphatic rings. The van der Waals surface area contributed by atoms with Gasteiger partial charge in [0.05, 0.1) is 17.6 Å². The second-order valence-corrected chi connectivity index (χ2v) is 11.1. The van der Waals surface area contributed by atoms with Gasteiger partial charge in [0.15, 0.2) is 0 Å². The number of carboxylic acids is 1. The molecule has 8 nitrogen and oxygen atoms in total. The Labute approximate surface area is 233 Å². The minimum absolute atomic E-state index is 0. The molecule has 0 radical (unpaired) electrons. The number of aromatic carboxylic acids is 1. The first kappa shape index (κ1) is 30.6. The fraction of sp³-hybridized carbons (Fsp3) is 0.160. The minimum Gasteiger partial charge on any atom is -0.870 e. The van der Waals surface area contributed by atoms with Gasteiger partial charge in [-0.25, -0.2) is 21.9 Å². The van der Waals surface area contributed by atoms with Crippen molar-refractivity contribution in [1.82, 2.24) is 0 Å². The van der Waals surface area contributed by atoms with Crippen molar-refractivity contribution in [3.05, 3.63) is 82.1 Å². The molecule has 190 valence electrons. The van der Waals surface area contributed by atoms with Gasteiger partial charge in [-0.05, 0) is 72.9 Å². The van der Waals surface area contributed by atoms with E-state index in [1.54, 1.807) is 36.4 Å². The molecular formula is C25H22BrFLiNO7S. The predicted molar refractivity (Wildman–Crippen MR) is 137 cm³/mol. The molecule has 0 spiro atoms. The van der Waals surface area contributed by atoms with Crippen LogP contribution in [0.5, 0.6) is 0 Å². The number of nitrogens with zero attached hydrogens (tertiary/aromatic N) is 1. The van der Waals surface area contributed by atoms with Crippen LogP contribution in [0, 0.1) is 5.82 Å². The van der Waals surface area contributed by atoms with Crippen molar-refractivity contribution >= 4 is 54.3 Å². The SMILES string of the molecule is CS(=O)(=O)N(c1cccc(Br)c1)c1cc2oc(-c3ccc(F)cc3)c(C(=O)O)c2cc1C1CC1.O.[Li+].[OH-]. The molecule has 0 bridgehead atoms. The van der Waals surface area contributed by atoms with Crippen molar-refractivity contribution in [2.45, 2.75) is 18.8 Å². The van der Waals surface area contributed by atoms with Crippen LogP contribution < -0.4 is 23.2 Å². The second-order valence-electron chi connectivity index (χ2n) is 8.31. The second kappa shape index (κ2) is 11.4. The molecule has 0 unspecified atom stereocenters. The van der Waals surface area contributed by atoms with E-state index in [4.69, 9.17) is 4.42 Å². The van der Waals surface area contributed by atoms with Gasteiger partial charge in [0, 0.05) is 21.5 Å². The minimum atomic E-state index is -3.75. The molecule has 37 heavy (non-hydrogen) atoms. The summed E-state index contributed by atoms with van der Waals surface area (Å²) in [5, 5.41) is 10.4. The molecule has 0 saturated heterocycles. The molecular weight excluding hydrogens is 564 g/mol. The smallest absolute Gasteiger partial charge is 0.870 e. The number of halogens is 2. The molecule has 1 fully saturated rings. The molecule has 5 rings (SSSR count). The molecule has 4 N–H and O–H groups in total. The van der Waals surface area contributed by atoms with Crippen LogP contribution in [0.25, 0.3) is 22.3 Å². The number of carbonyl (C=O) groups is 1. The van der Waals surface area contributed by atoms with E-state index in [0.29, 0.717) is 22.3 Å². The molecule has 12 heteroatoms. The predicted octanol–water partition coefficient (Wildman–Crippen LogP) is 2.68. The van der Waals surface area contributed by atoms with Crippen LogP contribution in [-0.2, 0) is 10.0 Å². The van der Waals surface area contributed by atoms with Crippen LogP contribution in [0.1, 0.15) is 34.7 Å². The Morgan fingerprint density at radius 3 is 2.30 bits per heavy atom. The van der Waals surface area contributed by atoms with Gasteiger partial charge in [0.25, 0.3) is 0 Å². The van der Waals surface area contributed by atoms with Crippen molar-refractivity contribution in [3.63, 3.8) is 0 Å². The zero-order chi connectivity index (χ0) is 24.2. The third-order valence-electron chi connectivity index (χ3n) is 5.77. The Hall–Kier alpha value is -2.65. The number of furan rings is 1. The summed E-state index contributed by atoms with van der Waals surface area (Å²) in [6.07, 6.45) is 2.88. The largest absolute Gasteiger partial charge is 1.00 e. The standard InChI is InChI=1S/C25H19BrFNO5S.Li.2H2O/c1-34(31,32)28(18-4-2-3-16(26)11-18)21-13-22-20(12-19(21)14-5-6-14)23(25(29)30)24(33-22)15-7-9-17(27)10-8-15;;;/h2-4,7-14H,5-6H2,1H3,(H,29,30);;2*1H2/q;+1;;/p-1. The zero-order valence-corrected chi connectivity index (χ0v) is 22.3. The molecule has 0 aliphatic heterocycles. The molecule has 1 heterocycles. The maximum Gasteiger partial charge on any atom is 1.00 e. The summed E-state index contributed by atoms with van der Waals surface area (Å²) in [6, 6.07) is 15.6. The van der Waals surface area contributed by atoms with Crippen molar-refractivity contribution in [2.24, 2.45) is 0 Å². The van der Waals surface area contributed by atoms with E-state index in [1.807, 2.05) is 0 Å². The Kier molecular flexibility index (Phi) is 9.41. The third kappa shape index (κ3) is 5.93. The number of hydrogen-bond acceptors (Lipinski definition) is 5. The number of benzene rings is 3. The number of hydrogen-bond donors (Lipinski definition) is 1. The van der Waals surface area contributed by atoms with Crippen LogP contribution in [0.4, 0.5) is 15.8 Å². The summed E-state index contributed by atoms with van der Waals surface area (Å²) in [5.41, 5.74) is 2.22. The van der Waals surface area contributed by atoms with E-state index < -0.39 is 21.8 Å². The van der Waals surface area contributed by atoms with Gasteiger partial charge in [0.2, 0.25) is 10.0 Å². The van der Waals surface area contributed by atoms with Crippen molar-refractivity contribution in [1.29, 1.82) is 0 Å². The topological polar surface area (TPSA) is 149 Å². The average Bonchev–Trinajstić information content (AvgIpc) is 3.53. The van der Waals surface area contributed by atoms with Gasteiger partial charge >= 0.3 is 24.8 Å². The van der Waals surface area contributed by atoms with E-state index in [9.17, 15) is 22.7 Å². The maximum atomic E-state index is 13.4. The van der Waals surface area contributed by atoms with Gasteiger partial charge in [-0.3, -0.25) is 0 Å². The Morgan fingerprint density at radius 2 is 1.76 bits per heavy atom. The van der Waals surface area contributed by atoms with Crippen LogP contribution >= 0.6 is 15.9 Å². The van der Waals surface area contributed by atoms with E-state index >= 15 is 0 Å². The van der Waals surface area contributed by atoms with Crippen molar-refractivity contribution < 1.29 is 56.9 Å². The molecule has 4 aromatic rings. The number of sulfonamides is 1. The van der Waals surface area contributed by atoms with Gasteiger partial charge in [-0.2, -0.15) is 0 Å². The maximum absolute atomic E-state index is 13.4. The first-order chi connectivity index (χ1) is 16.1. The molecule has 0 amide bonds. The van der Waals surface area contributed by atoms with E-state index in [0.717, 1.165) is 29.1 Å². The Bertz CT molecular complexity index is 1550. The number of carboxylic acid groups (broad SMARTS) is 1. The van der Waals surface area contributed by atoms with Crippen molar-refractivity contribution in [2.75, 3.05) is 10.6 Å². The summed E-state index contributed by atoms with van der Waals surface area (Å²) in [5.74, 6) is -1.43. The number of rotatable bonds is 6. The number of fused-ring (bicyclic) bond motifs is 1. The summed E-state index contributed by atoms with van der Waals surface area (Å²) < 4.78 is 47.3. The van der Waals surface area contributed by atoms with Crippen molar-refractivity contribution in [3.8, 4) is 11.3 Å². The third-order valence-corrected chi connectivity index (χ3v) is 7.33. The van der Waals surface area contributed by atoms with Crippen LogP contribution in [0.3, 0.4) is 0 Å². The number of anilines is 2. The Morgan fingerprint density at radius 1 is 1.11 bits per heavy atom. The average molecular weight is 586 g/mol. The Balaban J connectivity index is 0.00000160. The summed E-state index contributed by atoms with van der Waals surface area (Å²) in [6.45, 7) is 0. The van der Waals surface area contributed by atoms with E-state index in [-0.39, 0.29) is 52.6 Å². The van der Waals surface area contributed by atoms with Crippen LogP contribution in [-0.4, -0.2) is 36.7 Å². The molecule has 3 aromatic carbocycles. The zero-order valence-electron chi connectivity index (χ0n) is 19.9. The summed E-state index contributed by atoms with van der Waals surface area (Å²) in [4.78, 5) is 12.2. The fourth-order valence-electron chi connectivity index (χ4n) is 4.17. The molecule has 1 aliphatic carbocycles. The molecule has 1 aromatic heterocycles. The quantitative estimate of drug-likeness (QED) is 0.344. The first-order valence-corrected chi connectivity index (χ1v) is 13.1. The van der Waals surface area contributed by atoms with E-state index in [2.05, 4.69) is 15.9 Å². The van der Waals surface area contributed by atoms with Crippen LogP contribution in [0.15, 0.2) is 69.6 Å². The molecule has 0 atom stereocenters. The van der Waals surface area contributed by atoms with Gasteiger partial charge < -0.3 is 20.5 Å². The van der Waals surface area contributed by atoms with Gasteiger partial charge in [-0.1, -0.05) is 22.0 Å². The fourth-order valence-corrected chi connectivity index (χ4v) is 5.57. The van der Waals surface area contributed by atoms with Gasteiger partial charge in [-0.15, -0.1) is 0 Å². The van der Waals surface area contributed by atoms with Gasteiger partial charge in [0.1, 0.15) is 22.7 Å². The first-order valence-electron chi connectivity index (χ1n) is 10.5. The van der Waals surface area contributed by atoms with Crippen LogP contribution in [0.2, 0.25) is 0 Å². The normalized spacial score (nSPS) is 12.7. The molecule has 1 saturated carbocycles.